The van der Waals surface area contributed by atoms with Crippen LogP contribution in [0.4, 0.5) is 10.8 Å². The lowest BCUT2D eigenvalue weighted by molar-refractivity contribution is -0.113. The minimum absolute atomic E-state index is 0.0495. The van der Waals surface area contributed by atoms with Crippen LogP contribution in [0.25, 0.3) is 10.3 Å². The molecule has 6 nitrogen and oxygen atoms in total. The summed E-state index contributed by atoms with van der Waals surface area (Å²) < 4.78 is 0.913. The number of rotatable bonds is 5. The van der Waals surface area contributed by atoms with E-state index in [0.29, 0.717) is 5.65 Å². The molecular formula is C17H19N5OS2. The van der Waals surface area contributed by atoms with Crippen molar-refractivity contribution < 1.29 is 4.79 Å². The van der Waals surface area contributed by atoms with Crippen molar-refractivity contribution >= 4 is 50.2 Å². The number of carbonyl (C=O) groups excluding carboxylic acids is 1. The van der Waals surface area contributed by atoms with Crippen LogP contribution in [0.15, 0.2) is 29.6 Å². The molecule has 0 bridgehead atoms. The molecule has 1 N–H and O–H groups in total. The zero-order chi connectivity index (χ0) is 18.0. The van der Waals surface area contributed by atoms with Crippen LogP contribution in [-0.2, 0) is 4.79 Å². The van der Waals surface area contributed by atoms with E-state index < -0.39 is 0 Å². The summed E-state index contributed by atoms with van der Waals surface area (Å²) in [4.78, 5) is 27.3. The Labute approximate surface area is 154 Å². The number of thioether (sulfide) groups is 1. The van der Waals surface area contributed by atoms with Crippen LogP contribution in [0.3, 0.4) is 0 Å². The number of nitrogens with zero attached hydrogens (tertiary/aromatic N) is 4. The monoisotopic (exact) mass is 373 g/mol. The first-order valence-corrected chi connectivity index (χ1v) is 9.53. The molecule has 0 spiro atoms. The molecule has 2 aromatic heterocycles. The number of nitrogens with one attached hydrogen (secondary N) is 1. The van der Waals surface area contributed by atoms with Crippen molar-refractivity contribution in [3.63, 3.8) is 0 Å². The number of thiazole rings is 1. The molecular weight excluding hydrogens is 354 g/mol. The second-order valence-corrected chi connectivity index (χ2v) is 7.77. The van der Waals surface area contributed by atoms with Gasteiger partial charge in [0, 0.05) is 19.8 Å². The van der Waals surface area contributed by atoms with E-state index in [0.717, 1.165) is 31.7 Å². The highest BCUT2D eigenvalue weighted by atomic mass is 32.2. The molecule has 130 valence electrons. The summed E-state index contributed by atoms with van der Waals surface area (Å²) in [6.45, 7) is 3.98. The van der Waals surface area contributed by atoms with E-state index in [1.54, 1.807) is 0 Å². The van der Waals surface area contributed by atoms with Crippen LogP contribution in [0.5, 0.6) is 0 Å². The van der Waals surface area contributed by atoms with Crippen molar-refractivity contribution in [3.05, 3.63) is 35.7 Å². The maximum Gasteiger partial charge on any atom is 0.234 e. The standard InChI is InChI=1S/C17H19N5OS2/c1-10-6-5-7-11(2)13(10)20-12(23)8-24-16-14-15(18-9-19-16)21-17(25-14)22(3)4/h5-7,9H,8H2,1-4H3,(H,20,23). The lowest BCUT2D eigenvalue weighted by Gasteiger charge is -2.11. The minimum atomic E-state index is -0.0495. The fourth-order valence-corrected chi connectivity index (χ4v) is 4.15. The van der Waals surface area contributed by atoms with Gasteiger partial charge in [-0.3, -0.25) is 4.79 Å². The minimum Gasteiger partial charge on any atom is -0.354 e. The van der Waals surface area contributed by atoms with Gasteiger partial charge in [-0.1, -0.05) is 41.3 Å². The Morgan fingerprint density at radius 2 is 1.96 bits per heavy atom. The van der Waals surface area contributed by atoms with E-state index in [4.69, 9.17) is 0 Å². The molecule has 0 aliphatic rings. The van der Waals surface area contributed by atoms with Crippen LogP contribution in [0.2, 0.25) is 0 Å². The highest BCUT2D eigenvalue weighted by Crippen LogP contribution is 2.33. The first kappa shape index (κ1) is 17.6. The molecule has 1 aromatic carbocycles. The molecule has 3 rings (SSSR count). The third-order valence-corrected chi connectivity index (χ3v) is 5.95. The van der Waals surface area contributed by atoms with E-state index in [1.807, 2.05) is 51.0 Å². The van der Waals surface area contributed by atoms with Gasteiger partial charge in [0.1, 0.15) is 16.1 Å². The summed E-state index contributed by atoms with van der Waals surface area (Å²) in [5, 5.41) is 4.65. The van der Waals surface area contributed by atoms with Crippen molar-refractivity contribution in [2.45, 2.75) is 18.9 Å². The van der Waals surface area contributed by atoms with Crippen molar-refractivity contribution in [1.29, 1.82) is 0 Å². The molecule has 0 atom stereocenters. The first-order chi connectivity index (χ1) is 12.0. The van der Waals surface area contributed by atoms with Gasteiger partial charge >= 0.3 is 0 Å². The van der Waals surface area contributed by atoms with Gasteiger partial charge in [0.2, 0.25) is 5.91 Å². The maximum absolute atomic E-state index is 12.3. The van der Waals surface area contributed by atoms with Crippen molar-refractivity contribution in [3.8, 4) is 0 Å². The summed E-state index contributed by atoms with van der Waals surface area (Å²) in [5.41, 5.74) is 3.66. The molecule has 2 heterocycles. The number of hydrogen-bond acceptors (Lipinski definition) is 7. The Bertz CT molecular complexity index is 902. The van der Waals surface area contributed by atoms with Gasteiger partial charge in [-0.15, -0.1) is 0 Å². The third-order valence-electron chi connectivity index (χ3n) is 3.62. The zero-order valence-electron chi connectivity index (χ0n) is 14.5. The van der Waals surface area contributed by atoms with E-state index in [1.165, 1.54) is 29.4 Å². The zero-order valence-corrected chi connectivity index (χ0v) is 16.2. The average Bonchev–Trinajstić information content (AvgIpc) is 3.01. The van der Waals surface area contributed by atoms with E-state index in [2.05, 4.69) is 20.3 Å². The molecule has 0 unspecified atom stereocenters. The van der Waals surface area contributed by atoms with Crippen LogP contribution in [-0.4, -0.2) is 40.7 Å². The molecule has 0 aliphatic heterocycles. The SMILES string of the molecule is Cc1cccc(C)c1NC(=O)CSc1ncnc2nc(N(C)C)sc12. The lowest BCUT2D eigenvalue weighted by Crippen LogP contribution is -2.15. The number of aromatic nitrogens is 3. The molecule has 0 saturated heterocycles. The van der Waals surface area contributed by atoms with Crippen LogP contribution < -0.4 is 10.2 Å². The molecule has 0 radical (unpaired) electrons. The molecule has 1 amide bonds. The Morgan fingerprint density at radius 3 is 2.64 bits per heavy atom. The first-order valence-electron chi connectivity index (χ1n) is 7.73. The molecule has 8 heteroatoms. The number of carbonyl (C=O) groups is 1. The third kappa shape index (κ3) is 3.91. The smallest absolute Gasteiger partial charge is 0.234 e. The normalized spacial score (nSPS) is 10.9. The Morgan fingerprint density at radius 1 is 1.24 bits per heavy atom. The van der Waals surface area contributed by atoms with Crippen LogP contribution in [0, 0.1) is 13.8 Å². The van der Waals surface area contributed by atoms with Crippen LogP contribution in [0.1, 0.15) is 11.1 Å². The van der Waals surface area contributed by atoms with Crippen molar-refractivity contribution in [2.75, 3.05) is 30.1 Å². The maximum atomic E-state index is 12.3. The van der Waals surface area contributed by atoms with Crippen molar-refractivity contribution in [2.24, 2.45) is 0 Å². The number of para-hydroxylation sites is 1. The quantitative estimate of drug-likeness (QED) is 0.545. The topological polar surface area (TPSA) is 71.0 Å². The van der Waals surface area contributed by atoms with Gasteiger partial charge in [-0.2, -0.15) is 4.98 Å². The number of benzene rings is 1. The average molecular weight is 374 g/mol. The van der Waals surface area contributed by atoms with Gasteiger partial charge in [0.05, 0.1) is 5.75 Å². The lowest BCUT2D eigenvalue weighted by atomic mass is 10.1. The second kappa shape index (κ2) is 7.37. The fraction of sp³-hybridized carbons (Fsp3) is 0.294. The summed E-state index contributed by atoms with van der Waals surface area (Å²) >= 11 is 2.93. The summed E-state index contributed by atoms with van der Waals surface area (Å²) in [7, 11) is 3.88. The molecule has 0 fully saturated rings. The second-order valence-electron chi connectivity index (χ2n) is 5.83. The van der Waals surface area contributed by atoms with Gasteiger partial charge in [0.15, 0.2) is 10.8 Å². The largest absolute Gasteiger partial charge is 0.354 e. The predicted molar refractivity (Wildman–Crippen MR) is 105 cm³/mol. The van der Waals surface area contributed by atoms with Crippen molar-refractivity contribution in [1.82, 2.24) is 15.0 Å². The van der Waals surface area contributed by atoms with Gasteiger partial charge in [-0.25, -0.2) is 9.97 Å². The number of amides is 1. The number of hydrogen-bond donors (Lipinski definition) is 1. The Hall–Kier alpha value is -2.19. The fourth-order valence-electron chi connectivity index (χ4n) is 2.34. The molecule has 25 heavy (non-hydrogen) atoms. The highest BCUT2D eigenvalue weighted by molar-refractivity contribution is 8.00. The molecule has 0 aliphatic carbocycles. The number of anilines is 2. The van der Waals surface area contributed by atoms with E-state index in [-0.39, 0.29) is 11.7 Å². The van der Waals surface area contributed by atoms with Gasteiger partial charge in [-0.05, 0) is 25.0 Å². The van der Waals surface area contributed by atoms with Gasteiger partial charge < -0.3 is 10.2 Å². The summed E-state index contributed by atoms with van der Waals surface area (Å²) in [6.07, 6.45) is 1.49. The predicted octanol–water partition coefficient (Wildman–Crippen LogP) is 3.50. The summed E-state index contributed by atoms with van der Waals surface area (Å²) in [6, 6.07) is 5.96. The van der Waals surface area contributed by atoms with E-state index >= 15 is 0 Å². The Balaban J connectivity index is 1.73. The molecule has 0 saturated carbocycles. The summed E-state index contributed by atoms with van der Waals surface area (Å²) in [5.74, 6) is 0.237. The van der Waals surface area contributed by atoms with Gasteiger partial charge in [0.25, 0.3) is 0 Å². The number of fused-ring (bicyclic) bond motifs is 1. The van der Waals surface area contributed by atoms with Crippen LogP contribution >= 0.6 is 23.1 Å². The highest BCUT2D eigenvalue weighted by Gasteiger charge is 2.14. The molecule has 3 aromatic rings. The van der Waals surface area contributed by atoms with E-state index in [9.17, 15) is 4.79 Å². The Kier molecular flexibility index (Phi) is 5.19. The number of aryl methyl sites for hydroxylation is 2.